The van der Waals surface area contributed by atoms with Crippen LogP contribution in [-0.2, 0) is 4.79 Å². The predicted octanol–water partition coefficient (Wildman–Crippen LogP) is 1.06. The Hall–Kier alpha value is -2.09. The molecule has 0 aromatic carbocycles. The third-order valence-electron chi connectivity index (χ3n) is 4.15. The van der Waals surface area contributed by atoms with E-state index in [0.29, 0.717) is 5.56 Å². The highest BCUT2D eigenvalue weighted by molar-refractivity contribution is 5.85. The van der Waals surface area contributed by atoms with E-state index < -0.39 is 0 Å². The number of carbonyl (C=O) groups is 1. The molecule has 1 aromatic heterocycles. The van der Waals surface area contributed by atoms with E-state index in [0.717, 1.165) is 44.7 Å². The average molecular weight is 256 g/mol. The maximum Gasteiger partial charge on any atom is 0.228 e. The van der Waals surface area contributed by atoms with Crippen molar-refractivity contribution in [2.24, 2.45) is 5.41 Å². The number of pyridine rings is 1. The third-order valence-corrected chi connectivity index (χ3v) is 4.15. The maximum absolute atomic E-state index is 12.0. The zero-order valence-electron chi connectivity index (χ0n) is 10.7. The third kappa shape index (κ3) is 2.03. The lowest BCUT2D eigenvalue weighted by Gasteiger charge is -2.39. The lowest BCUT2D eigenvalue weighted by molar-refractivity contribution is -0.128. The second kappa shape index (κ2) is 4.54. The second-order valence-electron chi connectivity index (χ2n) is 5.33. The van der Waals surface area contributed by atoms with Gasteiger partial charge in [0.15, 0.2) is 0 Å². The van der Waals surface area contributed by atoms with Gasteiger partial charge in [-0.3, -0.25) is 4.79 Å². The van der Waals surface area contributed by atoms with Crippen molar-refractivity contribution < 1.29 is 4.79 Å². The Bertz CT molecular complexity index is 533. The summed E-state index contributed by atoms with van der Waals surface area (Å²) < 4.78 is 0. The summed E-state index contributed by atoms with van der Waals surface area (Å²) in [6, 6.07) is 5.71. The lowest BCUT2D eigenvalue weighted by atomic mass is 9.78. The van der Waals surface area contributed by atoms with Crippen LogP contribution in [0.2, 0.25) is 0 Å². The molecule has 1 unspecified atom stereocenters. The molecule has 0 aliphatic carbocycles. The minimum absolute atomic E-state index is 0.186. The summed E-state index contributed by atoms with van der Waals surface area (Å²) in [6.45, 7) is 2.44. The van der Waals surface area contributed by atoms with E-state index in [9.17, 15) is 4.79 Å². The molecule has 19 heavy (non-hydrogen) atoms. The maximum atomic E-state index is 12.0. The number of carbonyl (C=O) groups excluding carboxylic acids is 1. The van der Waals surface area contributed by atoms with Gasteiger partial charge in [-0.1, -0.05) is 0 Å². The minimum Gasteiger partial charge on any atom is -0.356 e. The highest BCUT2D eigenvalue weighted by atomic mass is 16.2. The van der Waals surface area contributed by atoms with Gasteiger partial charge in [0, 0.05) is 25.8 Å². The first kappa shape index (κ1) is 12.0. The van der Waals surface area contributed by atoms with Crippen LogP contribution in [-0.4, -0.2) is 30.5 Å². The molecule has 2 fully saturated rings. The molecule has 3 rings (SSSR count). The zero-order chi connectivity index (χ0) is 13.3. The van der Waals surface area contributed by atoms with Crippen LogP contribution in [0.25, 0.3) is 0 Å². The summed E-state index contributed by atoms with van der Waals surface area (Å²) in [6.07, 6.45) is 4.48. The summed E-state index contributed by atoms with van der Waals surface area (Å²) >= 11 is 0. The summed E-state index contributed by atoms with van der Waals surface area (Å²) in [5.41, 5.74) is 0.336. The molecule has 5 heteroatoms. The first-order valence-corrected chi connectivity index (χ1v) is 6.63. The van der Waals surface area contributed by atoms with Crippen LogP contribution >= 0.6 is 0 Å². The van der Waals surface area contributed by atoms with Crippen molar-refractivity contribution in [3.8, 4) is 6.07 Å². The normalized spacial score (nSPS) is 26.3. The molecule has 1 spiro atoms. The number of amides is 1. The summed E-state index contributed by atoms with van der Waals surface area (Å²) in [4.78, 5) is 18.5. The van der Waals surface area contributed by atoms with Crippen molar-refractivity contribution >= 4 is 11.7 Å². The van der Waals surface area contributed by atoms with Crippen molar-refractivity contribution in [3.63, 3.8) is 0 Å². The van der Waals surface area contributed by atoms with Gasteiger partial charge in [-0.15, -0.1) is 0 Å². The number of piperidine rings is 1. The molecule has 1 aromatic rings. The topological polar surface area (TPSA) is 69.0 Å². The van der Waals surface area contributed by atoms with E-state index in [-0.39, 0.29) is 11.3 Å². The number of hydrogen-bond donors (Lipinski definition) is 1. The van der Waals surface area contributed by atoms with E-state index in [4.69, 9.17) is 5.26 Å². The quantitative estimate of drug-likeness (QED) is 0.815. The largest absolute Gasteiger partial charge is 0.356 e. The van der Waals surface area contributed by atoms with Gasteiger partial charge in [-0.05, 0) is 31.4 Å². The van der Waals surface area contributed by atoms with E-state index >= 15 is 0 Å². The van der Waals surface area contributed by atoms with Crippen molar-refractivity contribution in [2.45, 2.75) is 19.3 Å². The molecule has 0 saturated carbocycles. The Morgan fingerprint density at radius 2 is 2.32 bits per heavy atom. The Morgan fingerprint density at radius 3 is 2.95 bits per heavy atom. The highest BCUT2D eigenvalue weighted by Crippen LogP contribution is 2.37. The van der Waals surface area contributed by atoms with E-state index in [1.165, 1.54) is 0 Å². The standard InChI is InChI=1S/C14H16N4O/c15-8-11-2-3-12(17-9-11)18-7-1-4-14(10-18)5-6-16-13(14)19/h2-3,9H,1,4-7,10H2,(H,16,19). The molecule has 1 N–H and O–H groups in total. The number of anilines is 1. The molecule has 2 aliphatic rings. The second-order valence-corrected chi connectivity index (χ2v) is 5.33. The fourth-order valence-electron chi connectivity index (χ4n) is 3.07. The Kier molecular flexibility index (Phi) is 2.86. The number of hydrogen-bond acceptors (Lipinski definition) is 4. The van der Waals surface area contributed by atoms with Gasteiger partial charge >= 0.3 is 0 Å². The number of rotatable bonds is 1. The molecule has 0 radical (unpaired) electrons. The van der Waals surface area contributed by atoms with Crippen molar-refractivity contribution in [2.75, 3.05) is 24.5 Å². The van der Waals surface area contributed by atoms with Crippen LogP contribution < -0.4 is 10.2 Å². The molecule has 2 saturated heterocycles. The predicted molar refractivity (Wildman–Crippen MR) is 70.5 cm³/mol. The van der Waals surface area contributed by atoms with Gasteiger partial charge in [0.05, 0.1) is 11.0 Å². The Labute approximate surface area is 112 Å². The van der Waals surface area contributed by atoms with Gasteiger partial charge in [-0.2, -0.15) is 5.26 Å². The molecule has 1 amide bonds. The summed E-state index contributed by atoms with van der Waals surface area (Å²) in [7, 11) is 0. The first-order chi connectivity index (χ1) is 9.23. The van der Waals surface area contributed by atoms with Gasteiger partial charge < -0.3 is 10.2 Å². The molecule has 0 bridgehead atoms. The van der Waals surface area contributed by atoms with Crippen molar-refractivity contribution in [3.05, 3.63) is 23.9 Å². The molecular formula is C14H16N4O. The van der Waals surface area contributed by atoms with E-state index in [1.807, 2.05) is 6.07 Å². The van der Waals surface area contributed by atoms with Gasteiger partial charge in [-0.25, -0.2) is 4.98 Å². The molecule has 5 nitrogen and oxygen atoms in total. The smallest absolute Gasteiger partial charge is 0.228 e. The first-order valence-electron chi connectivity index (χ1n) is 6.63. The van der Waals surface area contributed by atoms with Crippen LogP contribution in [0.5, 0.6) is 0 Å². The fraction of sp³-hybridized carbons (Fsp3) is 0.500. The number of aromatic nitrogens is 1. The monoisotopic (exact) mass is 256 g/mol. The fourth-order valence-corrected chi connectivity index (χ4v) is 3.07. The minimum atomic E-state index is -0.228. The van der Waals surface area contributed by atoms with E-state index in [1.54, 1.807) is 12.3 Å². The highest BCUT2D eigenvalue weighted by Gasteiger charge is 2.45. The summed E-state index contributed by atoms with van der Waals surface area (Å²) in [5.74, 6) is 1.05. The van der Waals surface area contributed by atoms with Gasteiger partial charge in [0.1, 0.15) is 11.9 Å². The van der Waals surface area contributed by atoms with Crippen molar-refractivity contribution in [1.82, 2.24) is 10.3 Å². The van der Waals surface area contributed by atoms with Crippen LogP contribution in [0.3, 0.4) is 0 Å². The Morgan fingerprint density at radius 1 is 1.42 bits per heavy atom. The van der Waals surface area contributed by atoms with Crippen LogP contribution in [0, 0.1) is 16.7 Å². The molecule has 98 valence electrons. The molecule has 3 heterocycles. The summed E-state index contributed by atoms with van der Waals surface area (Å²) in [5, 5.41) is 11.7. The van der Waals surface area contributed by atoms with E-state index in [2.05, 4.69) is 21.3 Å². The Balaban J connectivity index is 1.81. The number of nitrogens with one attached hydrogen (secondary N) is 1. The van der Waals surface area contributed by atoms with Gasteiger partial charge in [0.25, 0.3) is 0 Å². The lowest BCUT2D eigenvalue weighted by Crippen LogP contribution is -2.47. The van der Waals surface area contributed by atoms with Gasteiger partial charge in [0.2, 0.25) is 5.91 Å². The van der Waals surface area contributed by atoms with Crippen LogP contribution in [0.15, 0.2) is 18.3 Å². The van der Waals surface area contributed by atoms with Crippen LogP contribution in [0.4, 0.5) is 5.82 Å². The van der Waals surface area contributed by atoms with Crippen molar-refractivity contribution in [1.29, 1.82) is 5.26 Å². The number of nitrogens with zero attached hydrogens (tertiary/aromatic N) is 3. The molecular weight excluding hydrogens is 240 g/mol. The number of nitriles is 1. The molecule has 2 aliphatic heterocycles. The molecule has 1 atom stereocenters. The van der Waals surface area contributed by atoms with Crippen LogP contribution in [0.1, 0.15) is 24.8 Å². The zero-order valence-corrected chi connectivity index (χ0v) is 10.7. The SMILES string of the molecule is N#Cc1ccc(N2CCCC3(CCNC3=O)C2)nc1. The average Bonchev–Trinajstić information content (AvgIpc) is 2.80.